The Labute approximate surface area is 266 Å². The fourth-order valence-electron chi connectivity index (χ4n) is 6.96. The highest BCUT2D eigenvalue weighted by Crippen LogP contribution is 2.43. The molecule has 9 heteroatoms. The molecule has 0 bridgehead atoms. The van der Waals surface area contributed by atoms with E-state index in [2.05, 4.69) is 55.7 Å². The van der Waals surface area contributed by atoms with Crippen molar-refractivity contribution >= 4 is 29.0 Å². The molecule has 3 aromatic carbocycles. The van der Waals surface area contributed by atoms with Crippen molar-refractivity contribution in [1.29, 1.82) is 0 Å². The van der Waals surface area contributed by atoms with Crippen LogP contribution in [0.1, 0.15) is 22.3 Å². The Kier molecular flexibility index (Phi) is 6.76. The van der Waals surface area contributed by atoms with Gasteiger partial charge >= 0.3 is 0 Å². The van der Waals surface area contributed by atoms with Crippen molar-refractivity contribution in [3.05, 3.63) is 114 Å². The van der Waals surface area contributed by atoms with Crippen molar-refractivity contribution in [2.75, 3.05) is 36.8 Å². The summed E-state index contributed by atoms with van der Waals surface area (Å²) in [5.41, 5.74) is 14.3. The van der Waals surface area contributed by atoms with Crippen LogP contribution in [0.25, 0.3) is 39.5 Å². The van der Waals surface area contributed by atoms with Crippen LogP contribution in [0.3, 0.4) is 0 Å². The highest BCUT2D eigenvalue weighted by Gasteiger charge is 2.47. The quantitative estimate of drug-likeness (QED) is 0.214. The monoisotopic (exact) mass is 607 g/mol. The summed E-state index contributed by atoms with van der Waals surface area (Å²) in [7, 11) is 0. The molecule has 0 aliphatic carbocycles. The summed E-state index contributed by atoms with van der Waals surface area (Å²) in [6.45, 7) is 4.86. The first-order valence-electron chi connectivity index (χ1n) is 15.5. The lowest BCUT2D eigenvalue weighted by Gasteiger charge is -2.49. The number of likely N-dealkylation sites (tertiary alicyclic amines) is 1. The number of imidazole rings is 1. The molecule has 0 amide bonds. The second kappa shape index (κ2) is 11.1. The first kappa shape index (κ1) is 28.0. The molecule has 0 radical (unpaired) electrons. The number of aldehydes is 1. The Morgan fingerprint density at radius 2 is 1.67 bits per heavy atom. The van der Waals surface area contributed by atoms with Crippen LogP contribution < -0.4 is 10.6 Å². The molecule has 0 unspecified atom stereocenters. The Morgan fingerprint density at radius 1 is 0.870 bits per heavy atom. The first-order chi connectivity index (χ1) is 22.5. The molecule has 8 rings (SSSR count). The minimum atomic E-state index is 0.0390. The lowest BCUT2D eigenvalue weighted by Crippen LogP contribution is -2.57. The molecule has 228 valence electrons. The number of nitrogens with zero attached hydrogens (tertiary/aromatic N) is 6. The summed E-state index contributed by atoms with van der Waals surface area (Å²) < 4.78 is 2.08. The number of benzene rings is 3. The summed E-state index contributed by atoms with van der Waals surface area (Å²) in [6, 6.07) is 31.9. The van der Waals surface area contributed by atoms with Gasteiger partial charge < -0.3 is 15.7 Å². The largest absolute Gasteiger partial charge is 0.507 e. The maximum atomic E-state index is 11.1. The zero-order valence-electron chi connectivity index (χ0n) is 25.3. The molecule has 3 aromatic heterocycles. The number of phenols is 1. The molecule has 0 atom stereocenters. The number of rotatable bonds is 7. The Bertz CT molecular complexity index is 2070. The van der Waals surface area contributed by atoms with Gasteiger partial charge in [0.25, 0.3) is 0 Å². The summed E-state index contributed by atoms with van der Waals surface area (Å²) in [4.78, 5) is 30.3. The number of carbonyl (C=O) groups is 1. The summed E-state index contributed by atoms with van der Waals surface area (Å²) in [5.74, 6) is 1.17. The number of anilines is 2. The van der Waals surface area contributed by atoms with Crippen molar-refractivity contribution in [2.24, 2.45) is 5.41 Å². The molecule has 2 aliphatic rings. The number of fused-ring (bicyclic) bond motifs is 1. The third-order valence-corrected chi connectivity index (χ3v) is 9.33. The molecular weight excluding hydrogens is 574 g/mol. The molecule has 0 saturated carbocycles. The van der Waals surface area contributed by atoms with Gasteiger partial charge in [-0.1, -0.05) is 42.5 Å². The van der Waals surface area contributed by atoms with E-state index in [-0.39, 0.29) is 11.2 Å². The summed E-state index contributed by atoms with van der Waals surface area (Å²) >= 11 is 0. The molecule has 2 aliphatic heterocycles. The van der Waals surface area contributed by atoms with Gasteiger partial charge in [0.1, 0.15) is 17.1 Å². The molecular formula is C37H33N7O2. The predicted molar refractivity (Wildman–Crippen MR) is 180 cm³/mol. The van der Waals surface area contributed by atoms with Crippen molar-refractivity contribution in [1.82, 2.24) is 24.4 Å². The van der Waals surface area contributed by atoms with Crippen molar-refractivity contribution in [3.63, 3.8) is 0 Å². The normalized spacial score (nSPS) is 15.8. The molecule has 1 spiro atoms. The van der Waals surface area contributed by atoms with E-state index in [0.717, 1.165) is 78.5 Å². The molecule has 46 heavy (non-hydrogen) atoms. The third kappa shape index (κ3) is 4.95. The van der Waals surface area contributed by atoms with Crippen LogP contribution in [0.2, 0.25) is 0 Å². The molecule has 2 fully saturated rings. The SMILES string of the molecule is Nc1ncccc1-c1nc2ccc(-c3ccccc3)nc2n1-c1ccc(CN2CCC3(C2)CN(c2ccc(C=O)c(O)c2)C3)cc1. The number of aromatic nitrogens is 4. The number of hydrogen-bond acceptors (Lipinski definition) is 8. The van der Waals surface area contributed by atoms with Gasteiger partial charge in [-0.05, 0) is 67.1 Å². The molecule has 5 heterocycles. The Morgan fingerprint density at radius 3 is 2.43 bits per heavy atom. The highest BCUT2D eigenvalue weighted by molar-refractivity contribution is 5.84. The standard InChI is InChI=1S/C37H33N7O2/c38-34-30(7-4-17-39-34)35-41-32-15-14-31(26-5-2-1-3-6-26)40-36(32)44(35)28-11-8-25(9-12-28)20-42-18-16-37(22-42)23-43(24-37)29-13-10-27(21-45)33(46)19-29/h1-15,17,19,21,46H,16,18,20,22-24H2,(H2,38,39). The zero-order valence-corrected chi connectivity index (χ0v) is 25.3. The van der Waals surface area contributed by atoms with Crippen LogP contribution in [0.15, 0.2) is 103 Å². The first-order valence-corrected chi connectivity index (χ1v) is 15.5. The van der Waals surface area contributed by atoms with E-state index in [0.29, 0.717) is 23.5 Å². The average Bonchev–Trinajstić information content (AvgIpc) is 3.67. The minimum absolute atomic E-state index is 0.0390. The van der Waals surface area contributed by atoms with Crippen LogP contribution in [0.5, 0.6) is 5.75 Å². The number of pyridine rings is 2. The summed E-state index contributed by atoms with van der Waals surface area (Å²) in [6.07, 6.45) is 3.52. The van der Waals surface area contributed by atoms with Gasteiger partial charge in [-0.2, -0.15) is 0 Å². The minimum Gasteiger partial charge on any atom is -0.507 e. The lowest BCUT2D eigenvalue weighted by atomic mass is 9.78. The number of nitrogens with two attached hydrogens (primary N) is 1. The van der Waals surface area contributed by atoms with E-state index >= 15 is 0 Å². The fourth-order valence-corrected chi connectivity index (χ4v) is 6.96. The van der Waals surface area contributed by atoms with Gasteiger partial charge in [-0.3, -0.25) is 14.3 Å². The predicted octanol–water partition coefficient (Wildman–Crippen LogP) is 5.96. The van der Waals surface area contributed by atoms with Gasteiger partial charge in [0.15, 0.2) is 17.8 Å². The van der Waals surface area contributed by atoms with E-state index in [1.165, 1.54) is 5.56 Å². The van der Waals surface area contributed by atoms with Crippen LogP contribution in [-0.4, -0.2) is 62.0 Å². The highest BCUT2D eigenvalue weighted by atomic mass is 16.3. The number of aromatic hydroxyl groups is 1. The fraction of sp³-hybridized carbons (Fsp3) is 0.189. The van der Waals surface area contributed by atoms with E-state index in [1.807, 2.05) is 48.5 Å². The van der Waals surface area contributed by atoms with Gasteiger partial charge in [-0.15, -0.1) is 0 Å². The topological polar surface area (TPSA) is 113 Å². The van der Waals surface area contributed by atoms with Crippen molar-refractivity contribution in [2.45, 2.75) is 13.0 Å². The van der Waals surface area contributed by atoms with E-state index < -0.39 is 0 Å². The maximum absolute atomic E-state index is 11.1. The number of hydrogen-bond donors (Lipinski definition) is 2. The van der Waals surface area contributed by atoms with E-state index in [1.54, 1.807) is 18.3 Å². The number of phenolic OH excluding ortho intramolecular Hbond substituents is 1. The zero-order chi connectivity index (χ0) is 31.3. The van der Waals surface area contributed by atoms with Crippen molar-refractivity contribution < 1.29 is 9.90 Å². The van der Waals surface area contributed by atoms with Crippen LogP contribution in [0.4, 0.5) is 11.5 Å². The van der Waals surface area contributed by atoms with Gasteiger partial charge in [-0.25, -0.2) is 15.0 Å². The van der Waals surface area contributed by atoms with Crippen LogP contribution in [-0.2, 0) is 6.54 Å². The second-order valence-corrected chi connectivity index (χ2v) is 12.5. The molecule has 2 saturated heterocycles. The molecule has 3 N–H and O–H groups in total. The van der Waals surface area contributed by atoms with Gasteiger partial charge in [0, 0.05) is 60.8 Å². The van der Waals surface area contributed by atoms with Crippen LogP contribution in [0, 0.1) is 5.41 Å². The Hall–Kier alpha value is -5.54. The lowest BCUT2D eigenvalue weighted by molar-refractivity contribution is 0.112. The smallest absolute Gasteiger partial charge is 0.165 e. The van der Waals surface area contributed by atoms with E-state index in [9.17, 15) is 9.90 Å². The summed E-state index contributed by atoms with van der Waals surface area (Å²) in [5, 5.41) is 10.1. The molecule has 9 nitrogen and oxygen atoms in total. The number of nitrogen functional groups attached to an aromatic ring is 1. The van der Waals surface area contributed by atoms with Crippen LogP contribution >= 0.6 is 0 Å². The van der Waals surface area contributed by atoms with Gasteiger partial charge in [0.2, 0.25) is 0 Å². The maximum Gasteiger partial charge on any atom is 0.165 e. The van der Waals surface area contributed by atoms with Crippen molar-refractivity contribution in [3.8, 4) is 34.1 Å². The number of carbonyl (C=O) groups excluding carboxylic acids is 1. The second-order valence-electron chi connectivity index (χ2n) is 12.5. The van der Waals surface area contributed by atoms with Gasteiger partial charge in [0.05, 0.1) is 16.8 Å². The Balaban J connectivity index is 1.04. The third-order valence-electron chi connectivity index (χ3n) is 9.33. The average molecular weight is 608 g/mol. The molecule has 6 aromatic rings. The van der Waals surface area contributed by atoms with E-state index in [4.69, 9.17) is 15.7 Å².